The molecule has 1 saturated heterocycles. The Morgan fingerprint density at radius 3 is 2.67 bits per heavy atom. The first-order chi connectivity index (χ1) is 11.4. The summed E-state index contributed by atoms with van der Waals surface area (Å²) in [4.78, 5) is 25.0. The molecule has 1 saturated carbocycles. The summed E-state index contributed by atoms with van der Waals surface area (Å²) in [6.45, 7) is 4.62. The minimum atomic E-state index is -0.285. The number of nitrogens with zero attached hydrogens (tertiary/aromatic N) is 1. The van der Waals surface area contributed by atoms with Crippen molar-refractivity contribution in [1.29, 1.82) is 0 Å². The highest BCUT2D eigenvalue weighted by Gasteiger charge is 2.41. The van der Waals surface area contributed by atoms with E-state index in [1.807, 2.05) is 19.9 Å². The summed E-state index contributed by atoms with van der Waals surface area (Å²) in [6, 6.07) is 3.53. The van der Waals surface area contributed by atoms with Gasteiger partial charge in [0.1, 0.15) is 5.56 Å². The summed E-state index contributed by atoms with van der Waals surface area (Å²) in [7, 11) is 1.73. The standard InChI is InChI=1S/C19H28N2O3/c1-13(2)16-8-7-15(18(23)21(16)3)17(22)20-14-11-19(24-12-14)9-5-4-6-10-19/h7-8,13-14H,4-6,9-12H2,1-3H3,(H,20,22). The normalized spacial score (nSPS) is 22.9. The van der Waals surface area contributed by atoms with Crippen molar-refractivity contribution in [1.82, 2.24) is 9.88 Å². The summed E-state index contributed by atoms with van der Waals surface area (Å²) >= 11 is 0. The molecule has 5 nitrogen and oxygen atoms in total. The van der Waals surface area contributed by atoms with Gasteiger partial charge in [-0.1, -0.05) is 33.1 Å². The zero-order chi connectivity index (χ0) is 17.3. The number of amides is 1. The molecule has 1 atom stereocenters. The predicted octanol–water partition coefficient (Wildman–Crippen LogP) is 2.73. The Morgan fingerprint density at radius 2 is 2.00 bits per heavy atom. The van der Waals surface area contributed by atoms with Crippen LogP contribution in [0.3, 0.4) is 0 Å². The van der Waals surface area contributed by atoms with Gasteiger partial charge in [0.25, 0.3) is 11.5 Å². The Balaban J connectivity index is 1.70. The highest BCUT2D eigenvalue weighted by Crippen LogP contribution is 2.39. The average Bonchev–Trinajstić information content (AvgIpc) is 2.92. The van der Waals surface area contributed by atoms with Gasteiger partial charge in [0.15, 0.2) is 0 Å². The molecule has 132 valence electrons. The Hall–Kier alpha value is -1.62. The van der Waals surface area contributed by atoms with Crippen molar-refractivity contribution in [2.45, 2.75) is 69.9 Å². The fourth-order valence-corrected chi connectivity index (χ4v) is 4.15. The lowest BCUT2D eigenvalue weighted by atomic mass is 9.82. The van der Waals surface area contributed by atoms with Crippen LogP contribution in [0.2, 0.25) is 0 Å². The van der Waals surface area contributed by atoms with E-state index in [1.54, 1.807) is 17.7 Å². The molecule has 1 aliphatic carbocycles. The fourth-order valence-electron chi connectivity index (χ4n) is 4.15. The van der Waals surface area contributed by atoms with E-state index in [2.05, 4.69) is 5.32 Å². The first-order valence-corrected chi connectivity index (χ1v) is 9.07. The number of ether oxygens (including phenoxy) is 1. The van der Waals surface area contributed by atoms with E-state index >= 15 is 0 Å². The van der Waals surface area contributed by atoms with Gasteiger partial charge in [-0.3, -0.25) is 9.59 Å². The predicted molar refractivity (Wildman–Crippen MR) is 93.4 cm³/mol. The number of hydrogen-bond acceptors (Lipinski definition) is 3. The Bertz CT molecular complexity index is 672. The Kier molecular flexibility index (Phi) is 4.81. The molecule has 1 aromatic heterocycles. The van der Waals surface area contributed by atoms with Crippen LogP contribution in [0.5, 0.6) is 0 Å². The molecule has 0 radical (unpaired) electrons. The third kappa shape index (κ3) is 3.27. The molecule has 3 rings (SSSR count). The molecule has 24 heavy (non-hydrogen) atoms. The third-order valence-electron chi connectivity index (χ3n) is 5.49. The van der Waals surface area contributed by atoms with Gasteiger partial charge in [-0.15, -0.1) is 0 Å². The number of hydrogen-bond donors (Lipinski definition) is 1. The fraction of sp³-hybridized carbons (Fsp3) is 0.684. The smallest absolute Gasteiger partial charge is 0.263 e. The summed E-state index contributed by atoms with van der Waals surface area (Å²) in [5, 5.41) is 3.01. The topological polar surface area (TPSA) is 60.3 Å². The number of aromatic nitrogens is 1. The lowest BCUT2D eigenvalue weighted by Gasteiger charge is -2.32. The van der Waals surface area contributed by atoms with E-state index in [-0.39, 0.29) is 34.6 Å². The molecule has 0 bridgehead atoms. The van der Waals surface area contributed by atoms with Gasteiger partial charge < -0.3 is 14.6 Å². The molecule has 1 N–H and O–H groups in total. The molecule has 0 aromatic carbocycles. The molecule has 1 aliphatic heterocycles. The van der Waals surface area contributed by atoms with E-state index in [9.17, 15) is 9.59 Å². The van der Waals surface area contributed by atoms with Crippen LogP contribution in [0.15, 0.2) is 16.9 Å². The van der Waals surface area contributed by atoms with Crippen LogP contribution in [0.4, 0.5) is 0 Å². The molecule has 2 heterocycles. The van der Waals surface area contributed by atoms with Crippen molar-refractivity contribution in [3.05, 3.63) is 33.7 Å². The zero-order valence-corrected chi connectivity index (χ0v) is 14.9. The minimum absolute atomic E-state index is 0.00471. The average molecular weight is 332 g/mol. The second kappa shape index (κ2) is 6.71. The van der Waals surface area contributed by atoms with Gasteiger partial charge >= 0.3 is 0 Å². The van der Waals surface area contributed by atoms with Gasteiger partial charge in [0, 0.05) is 12.7 Å². The van der Waals surface area contributed by atoms with Gasteiger partial charge in [0.2, 0.25) is 0 Å². The SMILES string of the molecule is CC(C)c1ccc(C(=O)NC2COC3(CCCCC3)C2)c(=O)n1C. The summed E-state index contributed by atoms with van der Waals surface area (Å²) in [5.74, 6) is -0.0402. The molecule has 5 heteroatoms. The number of rotatable bonds is 3. The van der Waals surface area contributed by atoms with Crippen LogP contribution in [0, 0.1) is 0 Å². The Morgan fingerprint density at radius 1 is 1.29 bits per heavy atom. The summed E-state index contributed by atoms with van der Waals surface area (Å²) in [6.07, 6.45) is 6.73. The van der Waals surface area contributed by atoms with Crippen LogP contribution in [-0.2, 0) is 11.8 Å². The van der Waals surface area contributed by atoms with Crippen molar-refractivity contribution in [2.24, 2.45) is 7.05 Å². The molecular formula is C19H28N2O3. The molecular weight excluding hydrogens is 304 g/mol. The highest BCUT2D eigenvalue weighted by atomic mass is 16.5. The highest BCUT2D eigenvalue weighted by molar-refractivity contribution is 5.94. The maximum atomic E-state index is 12.5. The van der Waals surface area contributed by atoms with Crippen LogP contribution in [-0.4, -0.2) is 28.7 Å². The van der Waals surface area contributed by atoms with Crippen LogP contribution < -0.4 is 10.9 Å². The van der Waals surface area contributed by atoms with Crippen LogP contribution >= 0.6 is 0 Å². The van der Waals surface area contributed by atoms with E-state index in [0.717, 1.165) is 25.0 Å². The quantitative estimate of drug-likeness (QED) is 0.926. The Labute approximate surface area is 143 Å². The number of nitrogens with one attached hydrogen (secondary N) is 1. The van der Waals surface area contributed by atoms with Crippen molar-refractivity contribution in [2.75, 3.05) is 6.61 Å². The van der Waals surface area contributed by atoms with E-state index in [4.69, 9.17) is 4.74 Å². The van der Waals surface area contributed by atoms with E-state index in [1.165, 1.54) is 19.3 Å². The monoisotopic (exact) mass is 332 g/mol. The van der Waals surface area contributed by atoms with Gasteiger partial charge in [-0.05, 0) is 37.3 Å². The largest absolute Gasteiger partial charge is 0.373 e. The maximum Gasteiger partial charge on any atom is 0.263 e. The van der Waals surface area contributed by atoms with Gasteiger partial charge in [-0.25, -0.2) is 0 Å². The lowest BCUT2D eigenvalue weighted by molar-refractivity contribution is -0.0246. The van der Waals surface area contributed by atoms with E-state index in [0.29, 0.717) is 6.61 Å². The van der Waals surface area contributed by atoms with Crippen molar-refractivity contribution in [3.8, 4) is 0 Å². The molecule has 2 aliphatic rings. The number of carbonyl (C=O) groups excluding carboxylic acids is 1. The van der Waals surface area contributed by atoms with E-state index < -0.39 is 0 Å². The molecule has 1 amide bonds. The minimum Gasteiger partial charge on any atom is -0.373 e. The third-order valence-corrected chi connectivity index (χ3v) is 5.49. The molecule has 2 fully saturated rings. The van der Waals surface area contributed by atoms with Gasteiger partial charge in [-0.2, -0.15) is 0 Å². The summed E-state index contributed by atoms with van der Waals surface area (Å²) in [5.41, 5.74) is 0.876. The van der Waals surface area contributed by atoms with Crippen molar-refractivity contribution < 1.29 is 9.53 Å². The lowest BCUT2D eigenvalue weighted by Crippen LogP contribution is -2.40. The van der Waals surface area contributed by atoms with Gasteiger partial charge in [0.05, 0.1) is 18.2 Å². The molecule has 1 unspecified atom stereocenters. The van der Waals surface area contributed by atoms with Crippen LogP contribution in [0.25, 0.3) is 0 Å². The second-order valence-electron chi connectivity index (χ2n) is 7.62. The zero-order valence-electron chi connectivity index (χ0n) is 14.9. The molecule has 1 aromatic rings. The first-order valence-electron chi connectivity index (χ1n) is 9.07. The summed E-state index contributed by atoms with van der Waals surface area (Å²) < 4.78 is 7.61. The first kappa shape index (κ1) is 17.2. The second-order valence-corrected chi connectivity index (χ2v) is 7.62. The van der Waals surface area contributed by atoms with Crippen LogP contribution in [0.1, 0.15) is 74.3 Å². The number of pyridine rings is 1. The number of carbonyl (C=O) groups is 1. The maximum absolute atomic E-state index is 12.5. The molecule has 1 spiro atoms. The van der Waals surface area contributed by atoms with Crippen molar-refractivity contribution in [3.63, 3.8) is 0 Å². The van der Waals surface area contributed by atoms with Crippen molar-refractivity contribution >= 4 is 5.91 Å².